The molecule has 0 amide bonds. The van der Waals surface area contributed by atoms with Crippen LogP contribution in [0.1, 0.15) is 31.5 Å². The Labute approximate surface area is 125 Å². The van der Waals surface area contributed by atoms with Gasteiger partial charge in [0, 0.05) is 18.3 Å². The van der Waals surface area contributed by atoms with Crippen LogP contribution in [0.25, 0.3) is 0 Å². The Morgan fingerprint density at radius 1 is 1.05 bits per heavy atom. The van der Waals surface area contributed by atoms with Crippen LogP contribution in [0.3, 0.4) is 0 Å². The molecular weight excluding hydrogens is 264 g/mol. The Balaban J connectivity index is 2.10. The van der Waals surface area contributed by atoms with Gasteiger partial charge in [0.25, 0.3) is 0 Å². The fourth-order valence-corrected chi connectivity index (χ4v) is 1.92. The SMILES string of the molecule is CCCOc1ccc(Oc2cc(CN)cc(CC)n2)cc1. The first-order valence-corrected chi connectivity index (χ1v) is 7.35. The van der Waals surface area contributed by atoms with Crippen molar-refractivity contribution in [2.75, 3.05) is 6.61 Å². The smallest absolute Gasteiger partial charge is 0.219 e. The minimum atomic E-state index is 0.482. The number of nitrogens with two attached hydrogens (primary N) is 1. The van der Waals surface area contributed by atoms with Gasteiger partial charge in [0.2, 0.25) is 5.88 Å². The molecule has 0 aliphatic rings. The molecule has 0 aliphatic heterocycles. The monoisotopic (exact) mass is 286 g/mol. The van der Waals surface area contributed by atoms with Crippen molar-refractivity contribution in [2.45, 2.75) is 33.2 Å². The minimum absolute atomic E-state index is 0.482. The molecule has 0 fully saturated rings. The number of rotatable bonds is 7. The summed E-state index contributed by atoms with van der Waals surface area (Å²) in [5.41, 5.74) is 7.71. The third-order valence-electron chi connectivity index (χ3n) is 3.03. The molecule has 0 bridgehead atoms. The topological polar surface area (TPSA) is 57.4 Å². The molecule has 21 heavy (non-hydrogen) atoms. The number of aromatic nitrogens is 1. The Hall–Kier alpha value is -2.07. The number of aryl methyl sites for hydroxylation is 1. The van der Waals surface area contributed by atoms with Gasteiger partial charge in [0.15, 0.2) is 0 Å². The lowest BCUT2D eigenvalue weighted by Gasteiger charge is -2.09. The summed E-state index contributed by atoms with van der Waals surface area (Å²) in [6.45, 7) is 5.35. The van der Waals surface area contributed by atoms with E-state index < -0.39 is 0 Å². The molecule has 2 aromatic rings. The van der Waals surface area contributed by atoms with E-state index in [9.17, 15) is 0 Å². The zero-order valence-electron chi connectivity index (χ0n) is 12.6. The van der Waals surface area contributed by atoms with Crippen molar-refractivity contribution in [3.05, 3.63) is 47.7 Å². The van der Waals surface area contributed by atoms with Gasteiger partial charge in [-0.05, 0) is 48.7 Å². The zero-order chi connectivity index (χ0) is 15.1. The first-order chi connectivity index (χ1) is 10.2. The van der Waals surface area contributed by atoms with E-state index in [0.29, 0.717) is 12.4 Å². The molecule has 2 N–H and O–H groups in total. The van der Waals surface area contributed by atoms with Gasteiger partial charge in [-0.1, -0.05) is 13.8 Å². The lowest BCUT2D eigenvalue weighted by Crippen LogP contribution is -2.01. The summed E-state index contributed by atoms with van der Waals surface area (Å²) in [6, 6.07) is 11.5. The predicted octanol–water partition coefficient (Wildman–Crippen LogP) is 3.68. The van der Waals surface area contributed by atoms with Gasteiger partial charge in [0.1, 0.15) is 11.5 Å². The maximum Gasteiger partial charge on any atom is 0.219 e. The van der Waals surface area contributed by atoms with Gasteiger partial charge in [-0.2, -0.15) is 0 Å². The molecule has 0 saturated heterocycles. The number of ether oxygens (including phenoxy) is 2. The Morgan fingerprint density at radius 3 is 2.38 bits per heavy atom. The van der Waals surface area contributed by atoms with E-state index >= 15 is 0 Å². The Kier molecular flexibility index (Phi) is 5.58. The van der Waals surface area contributed by atoms with E-state index in [4.69, 9.17) is 15.2 Å². The highest BCUT2D eigenvalue weighted by Gasteiger charge is 2.04. The van der Waals surface area contributed by atoms with Crippen molar-refractivity contribution in [3.8, 4) is 17.4 Å². The molecule has 1 aromatic heterocycles. The molecule has 0 spiro atoms. The second-order valence-corrected chi connectivity index (χ2v) is 4.78. The quantitative estimate of drug-likeness (QED) is 0.843. The zero-order valence-corrected chi connectivity index (χ0v) is 12.6. The minimum Gasteiger partial charge on any atom is -0.494 e. The first kappa shape index (κ1) is 15.3. The van der Waals surface area contributed by atoms with Crippen LogP contribution in [0.4, 0.5) is 0 Å². The largest absolute Gasteiger partial charge is 0.494 e. The number of benzene rings is 1. The van der Waals surface area contributed by atoms with E-state index in [-0.39, 0.29) is 0 Å². The molecule has 0 atom stereocenters. The standard InChI is InChI=1S/C17H22N2O2/c1-3-9-20-15-5-7-16(8-6-15)21-17-11-13(12-18)10-14(4-2)19-17/h5-8,10-11H,3-4,9,12,18H2,1-2H3. The van der Waals surface area contributed by atoms with Crippen molar-refractivity contribution in [1.29, 1.82) is 0 Å². The van der Waals surface area contributed by atoms with Gasteiger partial charge in [0.05, 0.1) is 6.61 Å². The van der Waals surface area contributed by atoms with E-state index in [1.54, 1.807) is 0 Å². The summed E-state index contributed by atoms with van der Waals surface area (Å²) in [5.74, 6) is 2.17. The summed E-state index contributed by atoms with van der Waals surface area (Å²) >= 11 is 0. The molecule has 2 rings (SSSR count). The highest BCUT2D eigenvalue weighted by atomic mass is 16.5. The summed E-state index contributed by atoms with van der Waals surface area (Å²) in [7, 11) is 0. The van der Waals surface area contributed by atoms with Crippen LogP contribution < -0.4 is 15.2 Å². The summed E-state index contributed by atoms with van der Waals surface area (Å²) in [6.07, 6.45) is 1.85. The van der Waals surface area contributed by atoms with Crippen LogP contribution in [0.2, 0.25) is 0 Å². The third kappa shape index (κ3) is 4.46. The molecule has 4 heteroatoms. The van der Waals surface area contributed by atoms with Crippen molar-refractivity contribution < 1.29 is 9.47 Å². The molecule has 0 unspecified atom stereocenters. The van der Waals surface area contributed by atoms with Crippen LogP contribution in [0, 0.1) is 0 Å². The fourth-order valence-electron chi connectivity index (χ4n) is 1.92. The normalized spacial score (nSPS) is 10.4. The van der Waals surface area contributed by atoms with E-state index in [0.717, 1.165) is 42.2 Å². The molecule has 0 aliphatic carbocycles. The molecule has 0 radical (unpaired) electrons. The Bertz CT molecular complexity index is 545. The van der Waals surface area contributed by atoms with Crippen LogP contribution in [0.5, 0.6) is 17.4 Å². The molecule has 4 nitrogen and oxygen atoms in total. The maximum atomic E-state index is 5.80. The number of nitrogens with zero attached hydrogens (tertiary/aromatic N) is 1. The maximum absolute atomic E-state index is 5.80. The molecule has 1 aromatic carbocycles. The van der Waals surface area contributed by atoms with Crippen LogP contribution in [-0.2, 0) is 13.0 Å². The summed E-state index contributed by atoms with van der Waals surface area (Å²) < 4.78 is 11.3. The molecule has 0 saturated carbocycles. The summed E-state index contributed by atoms with van der Waals surface area (Å²) in [4.78, 5) is 4.46. The molecular formula is C17H22N2O2. The van der Waals surface area contributed by atoms with Crippen molar-refractivity contribution in [1.82, 2.24) is 4.98 Å². The first-order valence-electron chi connectivity index (χ1n) is 7.35. The van der Waals surface area contributed by atoms with Crippen LogP contribution in [0.15, 0.2) is 36.4 Å². The van der Waals surface area contributed by atoms with E-state index in [2.05, 4.69) is 18.8 Å². The van der Waals surface area contributed by atoms with Crippen molar-refractivity contribution >= 4 is 0 Å². The lowest BCUT2D eigenvalue weighted by atomic mass is 10.2. The van der Waals surface area contributed by atoms with Gasteiger partial charge in [-0.3, -0.25) is 0 Å². The number of hydrogen-bond donors (Lipinski definition) is 1. The van der Waals surface area contributed by atoms with E-state index in [1.807, 2.05) is 36.4 Å². The lowest BCUT2D eigenvalue weighted by molar-refractivity contribution is 0.317. The van der Waals surface area contributed by atoms with Crippen molar-refractivity contribution in [2.24, 2.45) is 5.73 Å². The highest BCUT2D eigenvalue weighted by Crippen LogP contribution is 2.24. The van der Waals surface area contributed by atoms with Gasteiger partial charge >= 0.3 is 0 Å². The van der Waals surface area contributed by atoms with Crippen LogP contribution in [-0.4, -0.2) is 11.6 Å². The van der Waals surface area contributed by atoms with Gasteiger partial charge in [-0.15, -0.1) is 0 Å². The molecule has 1 heterocycles. The van der Waals surface area contributed by atoms with Gasteiger partial charge < -0.3 is 15.2 Å². The fraction of sp³-hybridized carbons (Fsp3) is 0.353. The predicted molar refractivity (Wildman–Crippen MR) is 83.8 cm³/mol. The van der Waals surface area contributed by atoms with Crippen molar-refractivity contribution in [3.63, 3.8) is 0 Å². The second kappa shape index (κ2) is 7.64. The summed E-state index contributed by atoms with van der Waals surface area (Å²) in [5, 5.41) is 0. The van der Waals surface area contributed by atoms with Gasteiger partial charge in [-0.25, -0.2) is 4.98 Å². The average molecular weight is 286 g/mol. The number of pyridine rings is 1. The second-order valence-electron chi connectivity index (χ2n) is 4.78. The average Bonchev–Trinajstić information content (AvgIpc) is 2.53. The molecule has 112 valence electrons. The highest BCUT2D eigenvalue weighted by molar-refractivity contribution is 5.35. The Morgan fingerprint density at radius 2 is 1.76 bits per heavy atom. The van der Waals surface area contributed by atoms with E-state index in [1.165, 1.54) is 0 Å². The number of hydrogen-bond acceptors (Lipinski definition) is 4. The third-order valence-corrected chi connectivity index (χ3v) is 3.03. The van der Waals surface area contributed by atoms with Crippen LogP contribution >= 0.6 is 0 Å².